The molecule has 0 radical (unpaired) electrons. The zero-order valence-corrected chi connectivity index (χ0v) is 19.7. The Morgan fingerprint density at radius 3 is 2.56 bits per heavy atom. The molecular formula is C30H22N6. The van der Waals surface area contributed by atoms with Gasteiger partial charge in [-0.3, -0.25) is 0 Å². The maximum Gasteiger partial charge on any atom is 0.141 e. The van der Waals surface area contributed by atoms with Gasteiger partial charge in [-0.15, -0.1) is 0 Å². The number of nitrogens with zero attached hydrogens (tertiary/aromatic N) is 5. The average molecular weight is 467 g/mol. The van der Waals surface area contributed by atoms with E-state index in [-0.39, 0.29) is 0 Å². The summed E-state index contributed by atoms with van der Waals surface area (Å²) in [6.07, 6.45) is 5.01. The smallest absolute Gasteiger partial charge is 0.141 e. The van der Waals surface area contributed by atoms with E-state index >= 15 is 0 Å². The second kappa shape index (κ2) is 8.16. The van der Waals surface area contributed by atoms with Crippen molar-refractivity contribution >= 4 is 10.9 Å². The summed E-state index contributed by atoms with van der Waals surface area (Å²) in [5.74, 6) is 0. The van der Waals surface area contributed by atoms with Gasteiger partial charge in [-0.1, -0.05) is 42.5 Å². The molecular weight excluding hydrogens is 444 g/mol. The molecule has 5 aromatic rings. The van der Waals surface area contributed by atoms with Crippen LogP contribution in [-0.4, -0.2) is 14.5 Å². The number of pyridine rings is 1. The van der Waals surface area contributed by atoms with E-state index in [0.717, 1.165) is 56.4 Å². The van der Waals surface area contributed by atoms with Gasteiger partial charge in [-0.05, 0) is 70.5 Å². The number of fused-ring (bicyclic) bond motifs is 6. The van der Waals surface area contributed by atoms with Gasteiger partial charge in [0, 0.05) is 12.4 Å². The third-order valence-electron chi connectivity index (χ3n) is 7.20. The van der Waals surface area contributed by atoms with E-state index < -0.39 is 5.54 Å². The zero-order valence-electron chi connectivity index (χ0n) is 19.7. The van der Waals surface area contributed by atoms with Crippen molar-refractivity contribution in [2.24, 2.45) is 12.8 Å². The minimum atomic E-state index is -1.03. The first-order chi connectivity index (χ1) is 17.5. The van der Waals surface area contributed by atoms with E-state index in [1.54, 1.807) is 12.5 Å². The molecule has 1 aliphatic rings. The molecule has 172 valence electrons. The van der Waals surface area contributed by atoms with Crippen molar-refractivity contribution < 1.29 is 0 Å². The summed E-state index contributed by atoms with van der Waals surface area (Å²) in [5.41, 5.74) is 14.8. The molecule has 1 atom stereocenters. The Labute approximate surface area is 208 Å². The second-order valence-corrected chi connectivity index (χ2v) is 9.28. The average Bonchev–Trinajstić information content (AvgIpc) is 3.36. The van der Waals surface area contributed by atoms with E-state index in [1.807, 2.05) is 48.0 Å². The Morgan fingerprint density at radius 2 is 1.78 bits per heavy atom. The molecule has 0 fully saturated rings. The first kappa shape index (κ1) is 21.7. The number of hydrogen-bond acceptors (Lipinski definition) is 5. The molecule has 0 aliphatic heterocycles. The molecule has 6 bridgehead atoms. The lowest BCUT2D eigenvalue weighted by molar-refractivity contribution is 0.595. The summed E-state index contributed by atoms with van der Waals surface area (Å²) in [6, 6.07) is 26.6. The molecule has 6 rings (SSSR count). The molecule has 2 aromatic heterocycles. The maximum atomic E-state index is 9.82. The number of hydrogen-bond donors (Lipinski definition) is 1. The fraction of sp³-hybridized carbons (Fsp3) is 0.133. The van der Waals surface area contributed by atoms with E-state index in [4.69, 9.17) is 5.73 Å². The quantitative estimate of drug-likeness (QED) is 0.385. The summed E-state index contributed by atoms with van der Waals surface area (Å²) in [5, 5.41) is 20.4. The highest BCUT2D eigenvalue weighted by Gasteiger charge is 2.35. The van der Waals surface area contributed by atoms with Crippen LogP contribution in [0, 0.1) is 22.7 Å². The third kappa shape index (κ3) is 3.28. The summed E-state index contributed by atoms with van der Waals surface area (Å²) in [6.45, 7) is 0. The normalized spacial score (nSPS) is 16.4. The lowest BCUT2D eigenvalue weighted by Gasteiger charge is -2.32. The molecule has 6 heteroatoms. The Balaban J connectivity index is 1.75. The minimum absolute atomic E-state index is 0.371. The minimum Gasteiger partial charge on any atom is -0.336 e. The number of nitriles is 2. The van der Waals surface area contributed by atoms with Crippen LogP contribution in [0.15, 0.2) is 79.3 Å². The van der Waals surface area contributed by atoms with Gasteiger partial charge in [0.05, 0.1) is 35.4 Å². The standard InChI is InChI=1S/C30H22N6/c1-36-18-34-17-29(36)30(33)23-8-7-22(15-31)20(12-23)6-5-19-3-2-4-21(11-19)26-14-25(16-32)35-28-10-9-24(30)13-27(26)28/h2-4,7-14,17-18H,5-6,33H2,1H3/t30-/m0/s1. The van der Waals surface area contributed by atoms with Gasteiger partial charge in [0.15, 0.2) is 0 Å². The molecule has 2 heterocycles. The number of benzene rings is 3. The molecule has 1 aliphatic carbocycles. The van der Waals surface area contributed by atoms with Crippen molar-refractivity contribution in [3.05, 3.63) is 118 Å². The Morgan fingerprint density at radius 1 is 0.944 bits per heavy atom. The largest absolute Gasteiger partial charge is 0.336 e. The van der Waals surface area contributed by atoms with E-state index in [0.29, 0.717) is 17.7 Å². The van der Waals surface area contributed by atoms with Crippen molar-refractivity contribution in [3.63, 3.8) is 0 Å². The first-order valence-corrected chi connectivity index (χ1v) is 11.7. The number of nitrogens with two attached hydrogens (primary N) is 1. The predicted octanol–water partition coefficient (Wildman–Crippen LogP) is 4.73. The maximum absolute atomic E-state index is 9.82. The lowest BCUT2D eigenvalue weighted by Crippen LogP contribution is -2.41. The number of imidazole rings is 1. The third-order valence-corrected chi connectivity index (χ3v) is 7.20. The van der Waals surface area contributed by atoms with Crippen molar-refractivity contribution in [3.8, 4) is 23.3 Å². The van der Waals surface area contributed by atoms with Gasteiger partial charge in [0.25, 0.3) is 0 Å². The van der Waals surface area contributed by atoms with Crippen LogP contribution in [0.3, 0.4) is 0 Å². The molecule has 0 saturated heterocycles. The molecule has 36 heavy (non-hydrogen) atoms. The zero-order chi connectivity index (χ0) is 24.9. The SMILES string of the molecule is Cn1cncc1[C@]1(N)c2ccc(C#N)c(c2)CCc2cccc(c2)-c2cc(C#N)nc3ccc1cc23. The van der Waals surface area contributed by atoms with Crippen LogP contribution in [0.4, 0.5) is 0 Å². The van der Waals surface area contributed by atoms with E-state index in [9.17, 15) is 10.5 Å². The van der Waals surface area contributed by atoms with Crippen LogP contribution in [-0.2, 0) is 25.4 Å². The highest BCUT2D eigenvalue weighted by Crippen LogP contribution is 2.39. The van der Waals surface area contributed by atoms with Gasteiger partial charge in [0.1, 0.15) is 17.3 Å². The highest BCUT2D eigenvalue weighted by atomic mass is 15.1. The van der Waals surface area contributed by atoms with Crippen LogP contribution in [0.5, 0.6) is 0 Å². The molecule has 3 aromatic carbocycles. The Bertz CT molecular complexity index is 1750. The van der Waals surface area contributed by atoms with Crippen LogP contribution < -0.4 is 5.73 Å². The lowest BCUT2D eigenvalue weighted by atomic mass is 9.79. The van der Waals surface area contributed by atoms with E-state index in [2.05, 4.69) is 52.4 Å². The highest BCUT2D eigenvalue weighted by molar-refractivity contribution is 5.96. The summed E-state index contributed by atoms with van der Waals surface area (Å²) >= 11 is 0. The molecule has 0 amide bonds. The van der Waals surface area contributed by atoms with Gasteiger partial charge in [-0.25, -0.2) is 9.97 Å². The summed E-state index contributed by atoms with van der Waals surface area (Å²) in [7, 11) is 1.93. The molecule has 0 saturated carbocycles. The number of aryl methyl sites for hydroxylation is 3. The van der Waals surface area contributed by atoms with Crippen LogP contribution >= 0.6 is 0 Å². The predicted molar refractivity (Wildman–Crippen MR) is 138 cm³/mol. The Kier molecular flexibility index (Phi) is 4.93. The van der Waals surface area contributed by atoms with Gasteiger partial charge < -0.3 is 10.3 Å². The van der Waals surface area contributed by atoms with Crippen molar-refractivity contribution in [2.45, 2.75) is 18.4 Å². The molecule has 6 nitrogen and oxygen atoms in total. The molecule has 0 spiro atoms. The van der Waals surface area contributed by atoms with Gasteiger partial charge >= 0.3 is 0 Å². The molecule has 0 unspecified atom stereocenters. The van der Waals surface area contributed by atoms with Crippen LogP contribution in [0.25, 0.3) is 22.0 Å². The summed E-state index contributed by atoms with van der Waals surface area (Å²) < 4.78 is 1.93. The van der Waals surface area contributed by atoms with Crippen molar-refractivity contribution in [1.82, 2.24) is 14.5 Å². The van der Waals surface area contributed by atoms with Crippen LogP contribution in [0.1, 0.15) is 39.2 Å². The van der Waals surface area contributed by atoms with Gasteiger partial charge in [0.2, 0.25) is 0 Å². The van der Waals surface area contributed by atoms with Gasteiger partial charge in [-0.2, -0.15) is 10.5 Å². The Hall–Kier alpha value is -4.78. The number of aromatic nitrogens is 3. The summed E-state index contributed by atoms with van der Waals surface area (Å²) in [4.78, 5) is 8.94. The van der Waals surface area contributed by atoms with Crippen molar-refractivity contribution in [2.75, 3.05) is 0 Å². The monoisotopic (exact) mass is 466 g/mol. The number of rotatable bonds is 1. The fourth-order valence-electron chi connectivity index (χ4n) is 5.30. The van der Waals surface area contributed by atoms with E-state index in [1.165, 1.54) is 0 Å². The second-order valence-electron chi connectivity index (χ2n) is 9.28. The van der Waals surface area contributed by atoms with Crippen LogP contribution in [0.2, 0.25) is 0 Å². The topological polar surface area (TPSA) is 104 Å². The fourth-order valence-corrected chi connectivity index (χ4v) is 5.30. The molecule has 2 N–H and O–H groups in total. The first-order valence-electron chi connectivity index (χ1n) is 11.7. The van der Waals surface area contributed by atoms with Crippen molar-refractivity contribution in [1.29, 1.82) is 10.5 Å².